The summed E-state index contributed by atoms with van der Waals surface area (Å²) in [6, 6.07) is 11.1. The number of para-hydroxylation sites is 1. The zero-order chi connectivity index (χ0) is 18.2. The first-order valence-corrected chi connectivity index (χ1v) is 7.76. The van der Waals surface area contributed by atoms with E-state index >= 15 is 0 Å². The number of ether oxygens (including phenoxy) is 1. The highest BCUT2D eigenvalue weighted by Gasteiger charge is 2.46. The minimum atomic E-state index is -4.76. The van der Waals surface area contributed by atoms with Crippen molar-refractivity contribution in [2.75, 3.05) is 11.1 Å². The maximum atomic E-state index is 12.5. The van der Waals surface area contributed by atoms with Crippen LogP contribution in [-0.4, -0.2) is 12.3 Å². The molecule has 0 heterocycles. The van der Waals surface area contributed by atoms with E-state index in [0.717, 1.165) is 5.56 Å². The Morgan fingerprint density at radius 1 is 1.23 bits per heavy atom. The minimum Gasteiger partial charge on any atom is -0.405 e. The van der Waals surface area contributed by atoms with Crippen molar-refractivity contribution in [3.05, 3.63) is 53.6 Å². The highest BCUT2D eigenvalue weighted by Crippen LogP contribution is 2.51. The highest BCUT2D eigenvalue weighted by atomic mass is 35.5. The molecule has 26 heavy (non-hydrogen) atoms. The first-order chi connectivity index (χ1) is 11.7. The summed E-state index contributed by atoms with van der Waals surface area (Å²) in [5.74, 6) is -1.17. The fourth-order valence-electron chi connectivity index (χ4n) is 2.83. The first kappa shape index (κ1) is 19.9. The van der Waals surface area contributed by atoms with E-state index in [4.69, 9.17) is 5.73 Å². The Morgan fingerprint density at radius 3 is 2.62 bits per heavy atom. The molecule has 0 aromatic heterocycles. The van der Waals surface area contributed by atoms with Gasteiger partial charge in [-0.3, -0.25) is 4.79 Å². The molecule has 1 amide bonds. The summed E-state index contributed by atoms with van der Waals surface area (Å²) in [7, 11) is 0. The van der Waals surface area contributed by atoms with Crippen molar-refractivity contribution in [1.29, 1.82) is 0 Å². The summed E-state index contributed by atoms with van der Waals surface area (Å²) >= 11 is 0. The standard InChI is InChI=1S/C18H17F3N2O2.ClH/c1-10-6-7-11(22)8-15(10)23-17(24)14-9-13(14)12-4-2-3-5-16(12)25-18(19,20)21;/h2-8,13-14H,9,22H2,1H3,(H,23,24);1H. The molecule has 2 aromatic rings. The molecule has 0 saturated heterocycles. The lowest BCUT2D eigenvalue weighted by atomic mass is 10.1. The molecule has 2 atom stereocenters. The van der Waals surface area contributed by atoms with Gasteiger partial charge in [-0.25, -0.2) is 0 Å². The van der Waals surface area contributed by atoms with Crippen molar-refractivity contribution >= 4 is 29.7 Å². The van der Waals surface area contributed by atoms with Crippen LogP contribution in [0.15, 0.2) is 42.5 Å². The molecule has 0 bridgehead atoms. The largest absolute Gasteiger partial charge is 0.573 e. The van der Waals surface area contributed by atoms with Crippen molar-refractivity contribution in [2.24, 2.45) is 5.92 Å². The van der Waals surface area contributed by atoms with E-state index < -0.39 is 6.36 Å². The number of nitrogen functional groups attached to an aromatic ring is 1. The Balaban J connectivity index is 0.00000243. The van der Waals surface area contributed by atoms with Gasteiger partial charge < -0.3 is 15.8 Å². The molecule has 4 nitrogen and oxygen atoms in total. The van der Waals surface area contributed by atoms with Crippen LogP contribution in [0.2, 0.25) is 0 Å². The van der Waals surface area contributed by atoms with Crippen molar-refractivity contribution in [3.63, 3.8) is 0 Å². The quantitative estimate of drug-likeness (QED) is 0.752. The summed E-state index contributed by atoms with van der Waals surface area (Å²) in [6.45, 7) is 1.84. The number of carbonyl (C=O) groups is 1. The fourth-order valence-corrected chi connectivity index (χ4v) is 2.83. The van der Waals surface area contributed by atoms with Gasteiger partial charge in [0.15, 0.2) is 0 Å². The van der Waals surface area contributed by atoms with Crippen LogP contribution in [0.5, 0.6) is 5.75 Å². The molecule has 3 rings (SSSR count). The molecule has 140 valence electrons. The molecular formula is C18H18ClF3N2O2. The van der Waals surface area contributed by atoms with Gasteiger partial charge in [-0.15, -0.1) is 25.6 Å². The van der Waals surface area contributed by atoms with Gasteiger partial charge in [0, 0.05) is 17.3 Å². The predicted octanol–water partition coefficient (Wildman–Crippen LogP) is 4.64. The van der Waals surface area contributed by atoms with Crippen LogP contribution in [0.3, 0.4) is 0 Å². The van der Waals surface area contributed by atoms with E-state index in [1.165, 1.54) is 12.1 Å². The maximum absolute atomic E-state index is 12.5. The molecule has 1 aliphatic rings. The smallest absolute Gasteiger partial charge is 0.405 e. The third-order valence-electron chi connectivity index (χ3n) is 4.19. The van der Waals surface area contributed by atoms with E-state index in [1.54, 1.807) is 30.3 Å². The minimum absolute atomic E-state index is 0. The average molecular weight is 387 g/mol. The van der Waals surface area contributed by atoms with Gasteiger partial charge in [-0.05, 0) is 48.6 Å². The van der Waals surface area contributed by atoms with E-state index in [1.807, 2.05) is 6.92 Å². The fraction of sp³-hybridized carbons (Fsp3) is 0.278. The number of amides is 1. The van der Waals surface area contributed by atoms with Crippen LogP contribution in [0.1, 0.15) is 23.5 Å². The van der Waals surface area contributed by atoms with Gasteiger partial charge in [0.1, 0.15) is 5.75 Å². The van der Waals surface area contributed by atoms with Crippen LogP contribution in [0.4, 0.5) is 24.5 Å². The van der Waals surface area contributed by atoms with Gasteiger partial charge in [0.05, 0.1) is 0 Å². The molecule has 8 heteroatoms. The lowest BCUT2D eigenvalue weighted by molar-refractivity contribution is -0.274. The maximum Gasteiger partial charge on any atom is 0.573 e. The number of nitrogens with two attached hydrogens (primary N) is 1. The van der Waals surface area contributed by atoms with Crippen LogP contribution >= 0.6 is 12.4 Å². The number of hydrogen-bond acceptors (Lipinski definition) is 3. The van der Waals surface area contributed by atoms with Crippen molar-refractivity contribution in [2.45, 2.75) is 25.6 Å². The van der Waals surface area contributed by atoms with Crippen LogP contribution in [0, 0.1) is 12.8 Å². The van der Waals surface area contributed by atoms with Gasteiger partial charge in [0.25, 0.3) is 0 Å². The van der Waals surface area contributed by atoms with Gasteiger partial charge >= 0.3 is 6.36 Å². The number of halogens is 4. The second-order valence-electron chi connectivity index (χ2n) is 6.10. The molecule has 1 fully saturated rings. The third kappa shape index (κ3) is 4.60. The molecule has 2 aromatic carbocycles. The molecule has 0 radical (unpaired) electrons. The topological polar surface area (TPSA) is 64.3 Å². The first-order valence-electron chi connectivity index (χ1n) is 7.76. The van der Waals surface area contributed by atoms with E-state index in [9.17, 15) is 18.0 Å². The molecule has 1 saturated carbocycles. The zero-order valence-electron chi connectivity index (χ0n) is 13.8. The lowest BCUT2D eigenvalue weighted by Crippen LogP contribution is -2.18. The zero-order valence-corrected chi connectivity index (χ0v) is 14.7. The second-order valence-corrected chi connectivity index (χ2v) is 6.10. The van der Waals surface area contributed by atoms with E-state index in [0.29, 0.717) is 23.4 Å². The SMILES string of the molecule is Cc1ccc(N)cc1NC(=O)C1CC1c1ccccc1OC(F)(F)F.Cl. The highest BCUT2D eigenvalue weighted by molar-refractivity contribution is 5.96. The average Bonchev–Trinajstić information content (AvgIpc) is 3.30. The Morgan fingerprint density at radius 2 is 1.92 bits per heavy atom. The summed E-state index contributed by atoms with van der Waals surface area (Å²) in [5.41, 5.74) is 8.10. The monoisotopic (exact) mass is 386 g/mol. The lowest BCUT2D eigenvalue weighted by Gasteiger charge is -2.13. The Bertz CT molecular complexity index is 811. The summed E-state index contributed by atoms with van der Waals surface area (Å²) in [4.78, 5) is 12.4. The number of anilines is 2. The third-order valence-corrected chi connectivity index (χ3v) is 4.19. The Kier molecular flexibility index (Phi) is 5.71. The predicted molar refractivity (Wildman–Crippen MR) is 95.4 cm³/mol. The van der Waals surface area contributed by atoms with Crippen molar-refractivity contribution in [1.82, 2.24) is 0 Å². The van der Waals surface area contributed by atoms with Crippen LogP contribution in [-0.2, 0) is 4.79 Å². The van der Waals surface area contributed by atoms with Gasteiger partial charge in [-0.1, -0.05) is 24.3 Å². The Labute approximate surface area is 154 Å². The number of alkyl halides is 3. The number of nitrogens with one attached hydrogen (secondary N) is 1. The molecule has 3 N–H and O–H groups in total. The van der Waals surface area contributed by atoms with E-state index in [-0.39, 0.29) is 35.9 Å². The van der Waals surface area contributed by atoms with Crippen LogP contribution in [0.25, 0.3) is 0 Å². The number of hydrogen-bond donors (Lipinski definition) is 2. The molecular weight excluding hydrogens is 369 g/mol. The summed E-state index contributed by atoms with van der Waals surface area (Å²) < 4.78 is 41.6. The van der Waals surface area contributed by atoms with Crippen molar-refractivity contribution < 1.29 is 22.7 Å². The molecule has 2 unspecified atom stereocenters. The second kappa shape index (κ2) is 7.45. The summed E-state index contributed by atoms with van der Waals surface area (Å²) in [5, 5.41) is 2.80. The molecule has 0 aliphatic heterocycles. The Hall–Kier alpha value is -2.41. The normalized spacial score (nSPS) is 18.6. The van der Waals surface area contributed by atoms with Gasteiger partial charge in [0.2, 0.25) is 5.91 Å². The van der Waals surface area contributed by atoms with Crippen LogP contribution < -0.4 is 15.8 Å². The van der Waals surface area contributed by atoms with Gasteiger partial charge in [-0.2, -0.15) is 0 Å². The molecule has 1 aliphatic carbocycles. The number of carbonyl (C=O) groups excluding carboxylic acids is 1. The number of aryl methyl sites for hydroxylation is 1. The molecule has 0 spiro atoms. The van der Waals surface area contributed by atoms with Crippen molar-refractivity contribution in [3.8, 4) is 5.75 Å². The number of benzene rings is 2. The summed E-state index contributed by atoms with van der Waals surface area (Å²) in [6.07, 6.45) is -4.28. The number of rotatable bonds is 4. The van der Waals surface area contributed by atoms with E-state index in [2.05, 4.69) is 10.1 Å².